The molecule has 1 aromatic carbocycles. The molecule has 1 saturated carbocycles. The third-order valence-electron chi connectivity index (χ3n) is 3.37. The van der Waals surface area contributed by atoms with E-state index in [0.717, 1.165) is 5.56 Å². The molecule has 98 valence electrons. The Balaban J connectivity index is 2.08. The third-order valence-corrected chi connectivity index (χ3v) is 3.37. The second kappa shape index (κ2) is 4.57. The number of hydrogen-bond acceptors (Lipinski definition) is 3. The number of halogens is 1. The van der Waals surface area contributed by atoms with Crippen molar-refractivity contribution >= 4 is 5.97 Å². The van der Waals surface area contributed by atoms with Gasteiger partial charge in [0.15, 0.2) is 0 Å². The molecule has 0 aliphatic heterocycles. The number of hydrogen-bond donors (Lipinski definition) is 2. The molecule has 1 aliphatic rings. The maximum absolute atomic E-state index is 13.1. The van der Waals surface area contributed by atoms with E-state index in [4.69, 9.17) is 15.6 Å². The van der Waals surface area contributed by atoms with Gasteiger partial charge in [-0.25, -0.2) is 4.39 Å². The van der Waals surface area contributed by atoms with E-state index in [9.17, 15) is 9.18 Å². The number of carboxylic acid groups (broad SMARTS) is 1. The maximum Gasteiger partial charge on any atom is 0.323 e. The second-order valence-corrected chi connectivity index (χ2v) is 4.85. The van der Waals surface area contributed by atoms with Gasteiger partial charge in [-0.2, -0.15) is 0 Å². The Morgan fingerprint density at radius 2 is 2.33 bits per heavy atom. The van der Waals surface area contributed by atoms with Gasteiger partial charge in [0, 0.05) is 12.5 Å². The van der Waals surface area contributed by atoms with Crippen LogP contribution in [-0.4, -0.2) is 22.7 Å². The number of carboxylic acids is 1. The molecule has 0 aromatic heterocycles. The Morgan fingerprint density at radius 1 is 1.61 bits per heavy atom. The Kier molecular flexibility index (Phi) is 3.26. The highest BCUT2D eigenvalue weighted by Crippen LogP contribution is 2.32. The fourth-order valence-electron chi connectivity index (χ4n) is 2.20. The summed E-state index contributed by atoms with van der Waals surface area (Å²) in [4.78, 5) is 11.0. The number of carbonyl (C=O) groups is 1. The Hall–Kier alpha value is -1.62. The van der Waals surface area contributed by atoms with Crippen LogP contribution in [0.15, 0.2) is 18.2 Å². The van der Waals surface area contributed by atoms with Gasteiger partial charge in [-0.3, -0.25) is 4.79 Å². The van der Waals surface area contributed by atoms with Gasteiger partial charge in [0.2, 0.25) is 0 Å². The van der Waals surface area contributed by atoms with E-state index in [0.29, 0.717) is 18.6 Å². The number of nitrogens with two attached hydrogens (primary N) is 1. The number of benzene rings is 1. The van der Waals surface area contributed by atoms with Crippen molar-refractivity contribution in [2.45, 2.75) is 37.8 Å². The van der Waals surface area contributed by atoms with Gasteiger partial charge in [0.05, 0.1) is 0 Å². The Morgan fingerprint density at radius 3 is 2.94 bits per heavy atom. The van der Waals surface area contributed by atoms with Crippen molar-refractivity contribution in [2.75, 3.05) is 0 Å². The molecule has 2 unspecified atom stereocenters. The van der Waals surface area contributed by atoms with Crippen LogP contribution in [0.25, 0.3) is 0 Å². The number of rotatable bonds is 3. The molecule has 2 rings (SSSR count). The molecule has 0 bridgehead atoms. The first-order chi connectivity index (χ1) is 8.40. The summed E-state index contributed by atoms with van der Waals surface area (Å²) in [6.45, 7) is 1.82. The standard InChI is InChI=1S/C13H16FNO3/c1-8-2-3-9(14)6-11(8)18-10-4-5-13(15,7-10)12(16)17/h2-3,6,10H,4-5,7,15H2,1H3,(H,16,17). The second-order valence-electron chi connectivity index (χ2n) is 4.85. The highest BCUT2D eigenvalue weighted by molar-refractivity contribution is 5.79. The van der Waals surface area contributed by atoms with Crippen molar-refractivity contribution in [2.24, 2.45) is 5.73 Å². The summed E-state index contributed by atoms with van der Waals surface area (Å²) in [6.07, 6.45) is 0.921. The summed E-state index contributed by atoms with van der Waals surface area (Å²) in [6, 6.07) is 4.31. The topological polar surface area (TPSA) is 72.5 Å². The summed E-state index contributed by atoms with van der Waals surface area (Å²) in [5.41, 5.74) is 5.36. The van der Waals surface area contributed by atoms with Crippen LogP contribution in [0.2, 0.25) is 0 Å². The van der Waals surface area contributed by atoms with E-state index < -0.39 is 11.5 Å². The molecule has 3 N–H and O–H groups in total. The minimum atomic E-state index is -1.22. The molecule has 0 amide bonds. The largest absolute Gasteiger partial charge is 0.490 e. The van der Waals surface area contributed by atoms with Gasteiger partial charge in [-0.05, 0) is 31.4 Å². The molecule has 0 heterocycles. The summed E-state index contributed by atoms with van der Waals surface area (Å²) in [5, 5.41) is 9.01. The van der Waals surface area contributed by atoms with Crippen molar-refractivity contribution in [3.8, 4) is 5.75 Å². The van der Waals surface area contributed by atoms with Gasteiger partial charge in [0.25, 0.3) is 0 Å². The fraction of sp³-hybridized carbons (Fsp3) is 0.462. The molecule has 4 nitrogen and oxygen atoms in total. The lowest BCUT2D eigenvalue weighted by atomic mass is 10.00. The lowest BCUT2D eigenvalue weighted by molar-refractivity contribution is -0.143. The molecule has 0 spiro atoms. The summed E-state index contributed by atoms with van der Waals surface area (Å²) < 4.78 is 18.8. The summed E-state index contributed by atoms with van der Waals surface area (Å²) >= 11 is 0. The van der Waals surface area contributed by atoms with Crippen LogP contribution >= 0.6 is 0 Å². The zero-order chi connectivity index (χ0) is 13.3. The van der Waals surface area contributed by atoms with E-state index >= 15 is 0 Å². The average Bonchev–Trinajstić information content (AvgIpc) is 2.67. The van der Waals surface area contributed by atoms with Gasteiger partial charge < -0.3 is 15.6 Å². The van der Waals surface area contributed by atoms with Crippen molar-refractivity contribution < 1.29 is 19.0 Å². The minimum absolute atomic E-state index is 0.248. The maximum atomic E-state index is 13.1. The molecular formula is C13H16FNO3. The van der Waals surface area contributed by atoms with Crippen LogP contribution in [0.4, 0.5) is 4.39 Å². The smallest absolute Gasteiger partial charge is 0.323 e. The van der Waals surface area contributed by atoms with E-state index in [-0.39, 0.29) is 18.3 Å². The predicted molar refractivity (Wildman–Crippen MR) is 64.0 cm³/mol. The Labute approximate surface area is 105 Å². The molecule has 5 heteroatoms. The summed E-state index contributed by atoms with van der Waals surface area (Å²) in [5.74, 6) is -0.926. The molecule has 1 fully saturated rings. The summed E-state index contributed by atoms with van der Waals surface area (Å²) in [7, 11) is 0. The lowest BCUT2D eigenvalue weighted by Crippen LogP contribution is -2.46. The molecular weight excluding hydrogens is 237 g/mol. The monoisotopic (exact) mass is 253 g/mol. The highest BCUT2D eigenvalue weighted by atomic mass is 19.1. The molecule has 2 atom stereocenters. The lowest BCUT2D eigenvalue weighted by Gasteiger charge is -2.19. The van der Waals surface area contributed by atoms with Gasteiger partial charge in [0.1, 0.15) is 23.2 Å². The van der Waals surface area contributed by atoms with E-state index in [1.165, 1.54) is 12.1 Å². The number of aliphatic carboxylic acids is 1. The zero-order valence-corrected chi connectivity index (χ0v) is 10.1. The molecule has 1 aliphatic carbocycles. The first kappa shape index (κ1) is 12.8. The Bertz CT molecular complexity index is 477. The van der Waals surface area contributed by atoms with Crippen LogP contribution < -0.4 is 10.5 Å². The van der Waals surface area contributed by atoms with Crippen LogP contribution in [0.1, 0.15) is 24.8 Å². The van der Waals surface area contributed by atoms with E-state index in [1.807, 2.05) is 6.92 Å². The fourth-order valence-corrected chi connectivity index (χ4v) is 2.20. The van der Waals surface area contributed by atoms with Gasteiger partial charge in [-0.15, -0.1) is 0 Å². The molecule has 1 aromatic rings. The zero-order valence-electron chi connectivity index (χ0n) is 10.1. The third kappa shape index (κ3) is 2.46. The highest BCUT2D eigenvalue weighted by Gasteiger charge is 2.43. The normalized spacial score (nSPS) is 27.2. The van der Waals surface area contributed by atoms with E-state index in [1.54, 1.807) is 6.07 Å². The van der Waals surface area contributed by atoms with Gasteiger partial charge >= 0.3 is 5.97 Å². The van der Waals surface area contributed by atoms with Crippen LogP contribution in [0, 0.1) is 12.7 Å². The van der Waals surface area contributed by atoms with Gasteiger partial charge in [-0.1, -0.05) is 6.07 Å². The average molecular weight is 253 g/mol. The van der Waals surface area contributed by atoms with Crippen molar-refractivity contribution in [3.63, 3.8) is 0 Å². The first-order valence-electron chi connectivity index (χ1n) is 5.86. The SMILES string of the molecule is Cc1ccc(F)cc1OC1CCC(N)(C(=O)O)C1. The van der Waals surface area contributed by atoms with Crippen molar-refractivity contribution in [1.82, 2.24) is 0 Å². The molecule has 0 saturated heterocycles. The number of ether oxygens (including phenoxy) is 1. The van der Waals surface area contributed by atoms with Crippen LogP contribution in [0.3, 0.4) is 0 Å². The quantitative estimate of drug-likeness (QED) is 0.862. The first-order valence-corrected chi connectivity index (χ1v) is 5.86. The predicted octanol–water partition coefficient (Wildman–Crippen LogP) is 1.85. The van der Waals surface area contributed by atoms with Crippen molar-refractivity contribution in [3.05, 3.63) is 29.6 Å². The van der Waals surface area contributed by atoms with Crippen molar-refractivity contribution in [1.29, 1.82) is 0 Å². The van der Waals surface area contributed by atoms with E-state index in [2.05, 4.69) is 0 Å². The number of aryl methyl sites for hydroxylation is 1. The minimum Gasteiger partial charge on any atom is -0.490 e. The van der Waals surface area contributed by atoms with Crippen LogP contribution in [-0.2, 0) is 4.79 Å². The van der Waals surface area contributed by atoms with Crippen LogP contribution in [0.5, 0.6) is 5.75 Å². The molecule has 18 heavy (non-hydrogen) atoms. The molecule has 0 radical (unpaired) electrons.